The van der Waals surface area contributed by atoms with Gasteiger partial charge in [-0.05, 0) is 48.0 Å². The van der Waals surface area contributed by atoms with E-state index in [0.717, 1.165) is 4.57 Å². The standard InChI is InChI=1S/C26H25ClN2O6S/c1-25(2,3)26(23(30)31,17-8-6-5-7-9-17)28-22-16-18(27)10-15-21(22)29(24(28)32)36(33,34)20-13-11-19(35-4)12-14-20/h5-16H,1-4H3,(H,30,31). The average molecular weight is 529 g/mol. The molecule has 10 heteroatoms. The summed E-state index contributed by atoms with van der Waals surface area (Å²) in [6, 6.07) is 18.1. The minimum absolute atomic E-state index is 0.00558. The van der Waals surface area contributed by atoms with E-state index in [2.05, 4.69) is 0 Å². The third kappa shape index (κ3) is 3.70. The Morgan fingerprint density at radius 3 is 2.08 bits per heavy atom. The molecular weight excluding hydrogens is 504 g/mol. The van der Waals surface area contributed by atoms with Crippen LogP contribution >= 0.6 is 11.6 Å². The van der Waals surface area contributed by atoms with Gasteiger partial charge in [0.2, 0.25) is 0 Å². The Kier molecular flexibility index (Phi) is 6.26. The van der Waals surface area contributed by atoms with Gasteiger partial charge in [0.05, 0.1) is 23.0 Å². The van der Waals surface area contributed by atoms with E-state index in [1.54, 1.807) is 51.1 Å². The molecule has 0 fully saturated rings. The Balaban J connectivity index is 2.20. The zero-order valence-electron chi connectivity index (χ0n) is 20.1. The van der Waals surface area contributed by atoms with Gasteiger partial charge in [-0.3, -0.25) is 4.57 Å². The molecule has 0 bridgehead atoms. The van der Waals surface area contributed by atoms with Gasteiger partial charge < -0.3 is 9.84 Å². The summed E-state index contributed by atoms with van der Waals surface area (Å²) in [5.74, 6) is -0.874. The number of halogens is 1. The van der Waals surface area contributed by atoms with Crippen LogP contribution in [0, 0.1) is 5.41 Å². The van der Waals surface area contributed by atoms with Crippen LogP contribution in [0.25, 0.3) is 11.0 Å². The summed E-state index contributed by atoms with van der Waals surface area (Å²) in [6.45, 7) is 5.06. The van der Waals surface area contributed by atoms with Crippen molar-refractivity contribution in [3.63, 3.8) is 0 Å². The molecule has 188 valence electrons. The normalized spacial score (nSPS) is 13.9. The Hall–Kier alpha value is -3.56. The lowest BCUT2D eigenvalue weighted by molar-refractivity contribution is -0.150. The van der Waals surface area contributed by atoms with Crippen molar-refractivity contribution in [3.05, 3.63) is 93.9 Å². The Bertz CT molecular complexity index is 1620. The number of hydrogen-bond donors (Lipinski definition) is 1. The number of aromatic nitrogens is 2. The van der Waals surface area contributed by atoms with E-state index in [-0.39, 0.29) is 21.0 Å². The summed E-state index contributed by atoms with van der Waals surface area (Å²) in [6.07, 6.45) is 0. The molecular formula is C26H25ClN2O6S. The molecule has 36 heavy (non-hydrogen) atoms. The van der Waals surface area contributed by atoms with E-state index in [9.17, 15) is 23.1 Å². The van der Waals surface area contributed by atoms with E-state index in [1.807, 2.05) is 0 Å². The maximum atomic E-state index is 14.1. The zero-order valence-corrected chi connectivity index (χ0v) is 21.7. The van der Waals surface area contributed by atoms with E-state index in [0.29, 0.717) is 15.3 Å². The van der Waals surface area contributed by atoms with E-state index in [1.165, 1.54) is 49.6 Å². The molecule has 4 rings (SSSR count). The first kappa shape index (κ1) is 25.5. The van der Waals surface area contributed by atoms with Crippen molar-refractivity contribution < 1.29 is 23.1 Å². The molecule has 0 aliphatic rings. The van der Waals surface area contributed by atoms with E-state index in [4.69, 9.17) is 16.3 Å². The number of carbonyl (C=O) groups is 1. The summed E-state index contributed by atoms with van der Waals surface area (Å²) in [5.41, 5.74) is -3.70. The number of imidazole rings is 1. The fraction of sp³-hybridized carbons (Fsp3) is 0.231. The van der Waals surface area contributed by atoms with Crippen molar-refractivity contribution >= 4 is 38.6 Å². The number of rotatable bonds is 6. The maximum absolute atomic E-state index is 14.1. The second-order valence-electron chi connectivity index (χ2n) is 9.33. The van der Waals surface area contributed by atoms with Crippen LogP contribution in [0.4, 0.5) is 0 Å². The molecule has 1 atom stereocenters. The number of ether oxygens (including phenoxy) is 1. The van der Waals surface area contributed by atoms with Gasteiger partial charge in [0, 0.05) is 10.4 Å². The first-order valence-corrected chi connectivity index (χ1v) is 12.8. The lowest BCUT2D eigenvalue weighted by Gasteiger charge is -2.42. The van der Waals surface area contributed by atoms with Crippen LogP contribution in [-0.4, -0.2) is 35.1 Å². The minimum atomic E-state index is -4.44. The predicted molar refractivity (Wildman–Crippen MR) is 137 cm³/mol. The van der Waals surface area contributed by atoms with Gasteiger partial charge in [0.25, 0.3) is 10.0 Å². The Labute approximate surface area is 213 Å². The highest BCUT2D eigenvalue weighted by Crippen LogP contribution is 2.44. The number of hydrogen-bond acceptors (Lipinski definition) is 5. The highest BCUT2D eigenvalue weighted by molar-refractivity contribution is 7.90. The average Bonchev–Trinajstić information content (AvgIpc) is 3.11. The maximum Gasteiger partial charge on any atom is 0.344 e. The highest BCUT2D eigenvalue weighted by Gasteiger charge is 2.54. The van der Waals surface area contributed by atoms with Crippen LogP contribution in [0.3, 0.4) is 0 Å². The number of aliphatic carboxylic acids is 1. The molecule has 0 aliphatic carbocycles. The van der Waals surface area contributed by atoms with E-state index < -0.39 is 32.6 Å². The summed E-state index contributed by atoms with van der Waals surface area (Å²) in [5, 5.41) is 11.0. The molecule has 0 radical (unpaired) electrons. The van der Waals surface area contributed by atoms with Gasteiger partial charge in [0.1, 0.15) is 5.75 Å². The van der Waals surface area contributed by atoms with Crippen molar-refractivity contribution in [2.45, 2.75) is 31.2 Å². The second-order valence-corrected chi connectivity index (χ2v) is 11.6. The smallest absolute Gasteiger partial charge is 0.344 e. The number of methoxy groups -OCH3 is 1. The summed E-state index contributed by atoms with van der Waals surface area (Å²) >= 11 is 6.27. The number of nitrogens with zero attached hydrogens (tertiary/aromatic N) is 2. The fourth-order valence-electron chi connectivity index (χ4n) is 4.67. The first-order valence-electron chi connectivity index (χ1n) is 11.0. The third-order valence-electron chi connectivity index (χ3n) is 6.28. The Morgan fingerprint density at radius 2 is 1.56 bits per heavy atom. The van der Waals surface area contributed by atoms with Crippen molar-refractivity contribution in [2.75, 3.05) is 7.11 Å². The third-order valence-corrected chi connectivity index (χ3v) is 8.22. The fourth-order valence-corrected chi connectivity index (χ4v) is 6.23. The van der Waals surface area contributed by atoms with Gasteiger partial charge in [-0.2, -0.15) is 3.97 Å². The molecule has 0 saturated heterocycles. The zero-order chi connectivity index (χ0) is 26.5. The lowest BCUT2D eigenvalue weighted by atomic mass is 9.69. The van der Waals surface area contributed by atoms with Gasteiger partial charge in [-0.15, -0.1) is 0 Å². The lowest BCUT2D eigenvalue weighted by Crippen LogP contribution is -2.56. The van der Waals surface area contributed by atoms with Crippen LogP contribution in [-0.2, 0) is 20.4 Å². The van der Waals surface area contributed by atoms with Crippen LogP contribution in [0.5, 0.6) is 5.75 Å². The van der Waals surface area contributed by atoms with Gasteiger partial charge in [0.15, 0.2) is 5.54 Å². The minimum Gasteiger partial charge on any atom is -0.497 e. The molecule has 3 aromatic carbocycles. The molecule has 4 aromatic rings. The molecule has 0 aliphatic heterocycles. The first-order chi connectivity index (χ1) is 16.9. The summed E-state index contributed by atoms with van der Waals surface area (Å²) in [4.78, 5) is 27.2. The molecule has 0 spiro atoms. The molecule has 1 unspecified atom stereocenters. The second kappa shape index (κ2) is 8.83. The van der Waals surface area contributed by atoms with Crippen molar-refractivity contribution in [1.29, 1.82) is 0 Å². The molecule has 0 saturated carbocycles. The summed E-state index contributed by atoms with van der Waals surface area (Å²) in [7, 11) is -2.98. The highest BCUT2D eigenvalue weighted by atomic mass is 35.5. The van der Waals surface area contributed by atoms with Crippen LogP contribution in [0.2, 0.25) is 5.02 Å². The number of benzene rings is 3. The molecule has 1 N–H and O–H groups in total. The van der Waals surface area contributed by atoms with Crippen molar-refractivity contribution in [1.82, 2.24) is 8.54 Å². The summed E-state index contributed by atoms with van der Waals surface area (Å²) < 4.78 is 34.3. The molecule has 0 amide bonds. The molecule has 1 heterocycles. The molecule has 8 nitrogen and oxygen atoms in total. The number of fused-ring (bicyclic) bond motifs is 1. The number of carboxylic acids is 1. The molecule has 1 aromatic heterocycles. The van der Waals surface area contributed by atoms with Gasteiger partial charge in [-0.25, -0.2) is 18.0 Å². The van der Waals surface area contributed by atoms with Crippen molar-refractivity contribution in [2.24, 2.45) is 5.41 Å². The SMILES string of the molecule is COc1ccc(S(=O)(=O)n2c(=O)n(C(C(=O)O)(c3ccccc3)C(C)(C)C)c3cc(Cl)ccc32)cc1. The van der Waals surface area contributed by atoms with Crippen LogP contribution in [0.1, 0.15) is 26.3 Å². The quantitative estimate of drug-likeness (QED) is 0.392. The largest absolute Gasteiger partial charge is 0.497 e. The van der Waals surface area contributed by atoms with Gasteiger partial charge in [-0.1, -0.05) is 62.7 Å². The van der Waals surface area contributed by atoms with Gasteiger partial charge >= 0.3 is 11.7 Å². The van der Waals surface area contributed by atoms with Crippen LogP contribution in [0.15, 0.2) is 82.5 Å². The van der Waals surface area contributed by atoms with Crippen LogP contribution < -0.4 is 10.4 Å². The Morgan fingerprint density at radius 1 is 0.944 bits per heavy atom. The van der Waals surface area contributed by atoms with Crippen molar-refractivity contribution in [3.8, 4) is 5.75 Å². The van der Waals surface area contributed by atoms with E-state index >= 15 is 0 Å². The predicted octanol–water partition coefficient (Wildman–Crippen LogP) is 4.58. The monoisotopic (exact) mass is 528 g/mol. The topological polar surface area (TPSA) is 108 Å². The number of carboxylic acid groups (broad SMARTS) is 1.